The number of rotatable bonds is 5. The Labute approximate surface area is 118 Å². The minimum absolute atomic E-state index is 0.409. The number of hydrogen-bond donors (Lipinski definition) is 2. The van der Waals surface area contributed by atoms with E-state index in [2.05, 4.69) is 0 Å². The van der Waals surface area contributed by atoms with E-state index in [9.17, 15) is 14.4 Å². The Balaban J connectivity index is 2.61. The van der Waals surface area contributed by atoms with E-state index in [1.807, 2.05) is 67.6 Å². The van der Waals surface area contributed by atoms with Crippen molar-refractivity contribution in [3.63, 3.8) is 0 Å². The van der Waals surface area contributed by atoms with Gasteiger partial charge in [0.15, 0.2) is 0 Å². The molecule has 0 radical (unpaired) electrons. The van der Waals surface area contributed by atoms with Gasteiger partial charge in [-0.3, -0.25) is 4.52 Å². The highest BCUT2D eigenvalue weighted by Gasteiger charge is 2.39. The molecule has 0 unspecified atom stereocenters. The third kappa shape index (κ3) is 3.17. The van der Waals surface area contributed by atoms with Crippen molar-refractivity contribution in [1.82, 2.24) is 0 Å². The highest BCUT2D eigenvalue weighted by molar-refractivity contribution is 7.46. The van der Waals surface area contributed by atoms with Crippen LogP contribution >= 0.6 is 7.82 Å². The van der Waals surface area contributed by atoms with Gasteiger partial charge in [0.05, 0.1) is 0 Å². The van der Waals surface area contributed by atoms with E-state index in [4.69, 9.17) is 4.52 Å². The van der Waals surface area contributed by atoms with Crippen LogP contribution in [0.2, 0.25) is 0 Å². The SMILES string of the molecule is CCC(OP(=O)(O)O)(c1ccccc1)c1ccccc1. The summed E-state index contributed by atoms with van der Waals surface area (Å²) in [5, 5.41) is 0. The maximum atomic E-state index is 11.4. The first-order valence-electron chi connectivity index (χ1n) is 6.35. The maximum Gasteiger partial charge on any atom is 0.470 e. The van der Waals surface area contributed by atoms with Gasteiger partial charge in [-0.1, -0.05) is 67.6 Å². The molecule has 0 saturated carbocycles. The quantitative estimate of drug-likeness (QED) is 0.828. The summed E-state index contributed by atoms with van der Waals surface area (Å²) in [7, 11) is -4.63. The summed E-state index contributed by atoms with van der Waals surface area (Å²) in [5.74, 6) is 0. The standard InChI is InChI=1S/C15H17O4P/c1-2-15(19-20(16,17)18,13-9-5-3-6-10-13)14-11-7-4-8-12-14/h3-12H,2H2,1H3,(H2,16,17,18). The van der Waals surface area contributed by atoms with Crippen LogP contribution in [0, 0.1) is 0 Å². The molecule has 2 aromatic rings. The topological polar surface area (TPSA) is 66.8 Å². The van der Waals surface area contributed by atoms with Gasteiger partial charge in [-0.15, -0.1) is 0 Å². The van der Waals surface area contributed by atoms with Crippen LogP contribution in [0.5, 0.6) is 0 Å². The third-order valence-corrected chi connectivity index (χ3v) is 3.80. The Kier molecular flexibility index (Phi) is 4.41. The van der Waals surface area contributed by atoms with Gasteiger partial charge in [0.25, 0.3) is 0 Å². The fraction of sp³-hybridized carbons (Fsp3) is 0.200. The summed E-state index contributed by atoms with van der Waals surface area (Å²) in [6.45, 7) is 1.84. The lowest BCUT2D eigenvalue weighted by Crippen LogP contribution is -2.29. The molecule has 0 atom stereocenters. The van der Waals surface area contributed by atoms with E-state index in [1.54, 1.807) is 0 Å². The lowest BCUT2D eigenvalue weighted by Gasteiger charge is -2.33. The van der Waals surface area contributed by atoms with Gasteiger partial charge >= 0.3 is 7.82 Å². The molecule has 0 bridgehead atoms. The van der Waals surface area contributed by atoms with Crippen LogP contribution in [0.1, 0.15) is 24.5 Å². The molecule has 2 aromatic carbocycles. The molecule has 0 aliphatic rings. The summed E-state index contributed by atoms with van der Waals surface area (Å²) < 4.78 is 16.6. The Morgan fingerprint density at radius 1 is 0.950 bits per heavy atom. The molecule has 5 heteroatoms. The molecular formula is C15H17O4P. The molecule has 0 spiro atoms. The van der Waals surface area contributed by atoms with Gasteiger partial charge < -0.3 is 9.79 Å². The van der Waals surface area contributed by atoms with Gasteiger partial charge in [-0.2, -0.15) is 0 Å². The molecule has 20 heavy (non-hydrogen) atoms. The molecule has 2 N–H and O–H groups in total. The van der Waals surface area contributed by atoms with E-state index in [0.717, 1.165) is 11.1 Å². The van der Waals surface area contributed by atoms with Crippen LogP contribution < -0.4 is 0 Å². The van der Waals surface area contributed by atoms with Crippen molar-refractivity contribution < 1.29 is 18.9 Å². The largest absolute Gasteiger partial charge is 0.470 e. The van der Waals surface area contributed by atoms with Crippen molar-refractivity contribution in [2.75, 3.05) is 0 Å². The average molecular weight is 292 g/mol. The summed E-state index contributed by atoms with van der Waals surface area (Å²) in [4.78, 5) is 18.6. The van der Waals surface area contributed by atoms with E-state index >= 15 is 0 Å². The summed E-state index contributed by atoms with van der Waals surface area (Å²) in [6.07, 6.45) is 0.409. The first-order valence-corrected chi connectivity index (χ1v) is 7.88. The van der Waals surface area contributed by atoms with Gasteiger partial charge in [0, 0.05) is 0 Å². The van der Waals surface area contributed by atoms with Crippen molar-refractivity contribution >= 4 is 7.82 Å². The van der Waals surface area contributed by atoms with Crippen LogP contribution in [0.25, 0.3) is 0 Å². The van der Waals surface area contributed by atoms with E-state index < -0.39 is 13.4 Å². The molecule has 2 rings (SSSR count). The van der Waals surface area contributed by atoms with Gasteiger partial charge in [-0.05, 0) is 17.5 Å². The zero-order valence-electron chi connectivity index (χ0n) is 11.1. The second-order valence-electron chi connectivity index (χ2n) is 4.49. The molecule has 0 aliphatic heterocycles. The Morgan fingerprint density at radius 2 is 1.35 bits per heavy atom. The molecule has 0 amide bonds. The van der Waals surface area contributed by atoms with Gasteiger partial charge in [0.2, 0.25) is 0 Å². The van der Waals surface area contributed by atoms with Crippen molar-refractivity contribution in [2.24, 2.45) is 0 Å². The fourth-order valence-electron chi connectivity index (χ4n) is 2.36. The molecule has 0 aliphatic carbocycles. The summed E-state index contributed by atoms with van der Waals surface area (Å²) in [6, 6.07) is 18.3. The van der Waals surface area contributed by atoms with Crippen LogP contribution in [0.15, 0.2) is 60.7 Å². The Morgan fingerprint density at radius 3 is 1.65 bits per heavy atom. The number of hydrogen-bond acceptors (Lipinski definition) is 2. The Hall–Kier alpha value is -1.45. The number of phosphoric ester groups is 1. The minimum Gasteiger partial charge on any atom is -0.303 e. The smallest absolute Gasteiger partial charge is 0.303 e. The third-order valence-electron chi connectivity index (χ3n) is 3.25. The first kappa shape index (κ1) is 14.9. The second-order valence-corrected chi connectivity index (χ2v) is 5.66. The molecule has 0 heterocycles. The predicted molar refractivity (Wildman–Crippen MR) is 77.1 cm³/mol. The van der Waals surface area contributed by atoms with Crippen molar-refractivity contribution in [1.29, 1.82) is 0 Å². The van der Waals surface area contributed by atoms with Crippen LogP contribution in [-0.4, -0.2) is 9.79 Å². The molecule has 106 valence electrons. The van der Waals surface area contributed by atoms with Gasteiger partial charge in [0.1, 0.15) is 5.60 Å². The highest BCUT2D eigenvalue weighted by atomic mass is 31.2. The predicted octanol–water partition coefficient (Wildman–Crippen LogP) is 3.45. The van der Waals surface area contributed by atoms with Gasteiger partial charge in [-0.25, -0.2) is 4.57 Å². The first-order chi connectivity index (χ1) is 9.48. The normalized spacial score (nSPS) is 12.3. The summed E-state index contributed by atoms with van der Waals surface area (Å²) >= 11 is 0. The zero-order valence-corrected chi connectivity index (χ0v) is 12.0. The van der Waals surface area contributed by atoms with E-state index in [0.29, 0.717) is 6.42 Å². The molecule has 4 nitrogen and oxygen atoms in total. The molecular weight excluding hydrogens is 275 g/mol. The maximum absolute atomic E-state index is 11.4. The van der Waals surface area contributed by atoms with Crippen LogP contribution in [-0.2, 0) is 14.7 Å². The van der Waals surface area contributed by atoms with Crippen molar-refractivity contribution in [3.8, 4) is 0 Å². The van der Waals surface area contributed by atoms with Crippen LogP contribution in [0.4, 0.5) is 0 Å². The van der Waals surface area contributed by atoms with Crippen molar-refractivity contribution in [3.05, 3.63) is 71.8 Å². The highest BCUT2D eigenvalue weighted by Crippen LogP contribution is 2.50. The number of benzene rings is 2. The van der Waals surface area contributed by atoms with E-state index in [-0.39, 0.29) is 0 Å². The number of phosphoric acid groups is 1. The van der Waals surface area contributed by atoms with E-state index in [1.165, 1.54) is 0 Å². The van der Waals surface area contributed by atoms with Crippen molar-refractivity contribution in [2.45, 2.75) is 18.9 Å². The lowest BCUT2D eigenvalue weighted by molar-refractivity contribution is 0.0617. The molecule has 0 saturated heterocycles. The minimum atomic E-state index is -4.63. The lowest BCUT2D eigenvalue weighted by atomic mass is 9.84. The monoisotopic (exact) mass is 292 g/mol. The second kappa shape index (κ2) is 5.90. The summed E-state index contributed by atoms with van der Waals surface area (Å²) in [5.41, 5.74) is 0.288. The Bertz CT molecular complexity index is 552. The van der Waals surface area contributed by atoms with Crippen LogP contribution in [0.3, 0.4) is 0 Å². The fourth-order valence-corrected chi connectivity index (χ4v) is 3.11. The zero-order chi connectivity index (χ0) is 14.6. The molecule has 0 fully saturated rings. The molecule has 0 aromatic heterocycles. The average Bonchev–Trinajstić information content (AvgIpc) is 2.46.